The SMILES string of the molecule is c1ccc([Si]2(c3ccccc3)c3ccccc3-c3ccc(-c4cc5c6cccc7c6c(cc5c5ccccc45)-c4ccc(-c5c6ccccc6cc6ccccc56)cc4O7)cc32)cc1. The van der Waals surface area contributed by atoms with Crippen LogP contribution in [0.3, 0.4) is 0 Å². The third-order valence-corrected chi connectivity index (χ3v) is 19.1. The lowest BCUT2D eigenvalue weighted by atomic mass is 9.85. The van der Waals surface area contributed by atoms with E-state index in [2.05, 4.69) is 231 Å². The van der Waals surface area contributed by atoms with Crippen molar-refractivity contribution < 1.29 is 4.74 Å². The molecule has 2 aliphatic heterocycles. The topological polar surface area (TPSA) is 9.23 Å². The molecular weight excluding hydrogens is 789 g/mol. The first kappa shape index (κ1) is 35.5. The highest BCUT2D eigenvalue weighted by Gasteiger charge is 2.48. The Kier molecular flexibility index (Phi) is 7.48. The molecule has 12 aromatic rings. The van der Waals surface area contributed by atoms with Crippen molar-refractivity contribution in [1.29, 1.82) is 0 Å². The number of benzene rings is 12. The smallest absolute Gasteiger partial charge is 0.180 e. The lowest BCUT2D eigenvalue weighted by molar-refractivity contribution is 0.487. The van der Waals surface area contributed by atoms with Gasteiger partial charge in [-0.15, -0.1) is 0 Å². The normalized spacial score (nSPS) is 13.2. The van der Waals surface area contributed by atoms with Gasteiger partial charge in [0.05, 0.1) is 0 Å². The molecule has 2 aliphatic rings. The van der Waals surface area contributed by atoms with Gasteiger partial charge in [0.2, 0.25) is 0 Å². The van der Waals surface area contributed by atoms with Gasteiger partial charge in [0.15, 0.2) is 8.07 Å². The minimum absolute atomic E-state index is 0.887. The van der Waals surface area contributed by atoms with Crippen LogP contribution in [0.4, 0.5) is 0 Å². The molecule has 2 heterocycles. The molecule has 0 bridgehead atoms. The summed E-state index contributed by atoms with van der Waals surface area (Å²) in [6.45, 7) is 0. The zero-order valence-electron chi connectivity index (χ0n) is 34.8. The molecule has 0 N–H and O–H groups in total. The predicted molar refractivity (Wildman–Crippen MR) is 273 cm³/mol. The van der Waals surface area contributed by atoms with E-state index < -0.39 is 8.07 Å². The van der Waals surface area contributed by atoms with Crippen molar-refractivity contribution in [2.24, 2.45) is 0 Å². The van der Waals surface area contributed by atoms with E-state index in [-0.39, 0.29) is 0 Å². The van der Waals surface area contributed by atoms with Crippen LogP contribution in [-0.4, -0.2) is 8.07 Å². The fourth-order valence-electron chi connectivity index (χ4n) is 11.6. The van der Waals surface area contributed by atoms with Gasteiger partial charge in [-0.1, -0.05) is 194 Å². The molecule has 2 heteroatoms. The van der Waals surface area contributed by atoms with E-state index in [4.69, 9.17) is 4.74 Å². The maximum Gasteiger partial charge on any atom is 0.180 e. The molecule has 0 fully saturated rings. The Morgan fingerprint density at radius 1 is 0.281 bits per heavy atom. The summed E-state index contributed by atoms with van der Waals surface area (Å²) in [6, 6.07) is 86.1. The van der Waals surface area contributed by atoms with Crippen LogP contribution in [0.15, 0.2) is 231 Å². The first-order chi connectivity index (χ1) is 31.7. The average molecular weight is 827 g/mol. The summed E-state index contributed by atoms with van der Waals surface area (Å²) in [5, 5.41) is 18.1. The Morgan fingerprint density at radius 3 is 1.59 bits per heavy atom. The molecular formula is C62H38OSi. The Balaban J connectivity index is 0.992. The second-order valence-corrected chi connectivity index (χ2v) is 21.2. The second-order valence-electron chi connectivity index (χ2n) is 17.5. The molecule has 12 aromatic carbocycles. The number of ether oxygens (including phenoxy) is 1. The van der Waals surface area contributed by atoms with Crippen LogP contribution in [0.25, 0.3) is 98.4 Å². The molecule has 0 amide bonds. The van der Waals surface area contributed by atoms with Crippen LogP contribution >= 0.6 is 0 Å². The summed E-state index contributed by atoms with van der Waals surface area (Å²) >= 11 is 0. The van der Waals surface area contributed by atoms with Gasteiger partial charge in [0.25, 0.3) is 0 Å². The maximum absolute atomic E-state index is 6.98. The van der Waals surface area contributed by atoms with Crippen molar-refractivity contribution in [3.63, 3.8) is 0 Å². The predicted octanol–water partition coefficient (Wildman–Crippen LogP) is 13.9. The van der Waals surface area contributed by atoms with Crippen LogP contribution in [0.5, 0.6) is 11.5 Å². The molecule has 296 valence electrons. The van der Waals surface area contributed by atoms with Crippen LogP contribution in [0, 0.1) is 0 Å². The molecule has 0 saturated heterocycles. The summed E-state index contributed by atoms with van der Waals surface area (Å²) in [6.07, 6.45) is 0. The molecule has 0 aromatic heterocycles. The zero-order valence-corrected chi connectivity index (χ0v) is 35.8. The Labute approximate surface area is 372 Å². The molecule has 14 rings (SSSR count). The van der Waals surface area contributed by atoms with Crippen LogP contribution in [0.1, 0.15) is 0 Å². The van der Waals surface area contributed by atoms with Gasteiger partial charge in [0, 0.05) is 10.9 Å². The van der Waals surface area contributed by atoms with Crippen molar-refractivity contribution >= 4 is 82.7 Å². The van der Waals surface area contributed by atoms with E-state index >= 15 is 0 Å². The third kappa shape index (κ3) is 4.89. The monoisotopic (exact) mass is 826 g/mol. The largest absolute Gasteiger partial charge is 0.456 e. The van der Waals surface area contributed by atoms with Gasteiger partial charge >= 0.3 is 0 Å². The lowest BCUT2D eigenvalue weighted by Gasteiger charge is -2.31. The zero-order chi connectivity index (χ0) is 41.9. The first-order valence-electron chi connectivity index (χ1n) is 22.2. The fourth-order valence-corrected chi connectivity index (χ4v) is 16.8. The lowest BCUT2D eigenvalue weighted by Crippen LogP contribution is -2.72. The maximum atomic E-state index is 6.98. The summed E-state index contributed by atoms with van der Waals surface area (Å²) in [5.41, 5.74) is 9.91. The van der Waals surface area contributed by atoms with Gasteiger partial charge in [-0.3, -0.25) is 0 Å². The quantitative estimate of drug-likeness (QED) is 0.0976. The minimum atomic E-state index is -2.67. The van der Waals surface area contributed by atoms with Gasteiger partial charge in [0.1, 0.15) is 11.5 Å². The average Bonchev–Trinajstić information content (AvgIpc) is 3.66. The van der Waals surface area contributed by atoms with Crippen molar-refractivity contribution in [3.8, 4) is 56.0 Å². The molecule has 0 aliphatic carbocycles. The molecule has 0 unspecified atom stereocenters. The fraction of sp³-hybridized carbons (Fsp3) is 0. The van der Waals surface area contributed by atoms with Crippen molar-refractivity contribution in [1.82, 2.24) is 0 Å². The van der Waals surface area contributed by atoms with Crippen LogP contribution < -0.4 is 25.5 Å². The van der Waals surface area contributed by atoms with E-state index in [1.165, 1.54) is 103 Å². The molecule has 64 heavy (non-hydrogen) atoms. The number of rotatable bonds is 4. The molecule has 0 atom stereocenters. The molecule has 0 saturated carbocycles. The minimum Gasteiger partial charge on any atom is -0.456 e. The first-order valence-corrected chi connectivity index (χ1v) is 24.2. The summed E-state index contributed by atoms with van der Waals surface area (Å²) < 4.78 is 6.98. The van der Waals surface area contributed by atoms with Crippen LogP contribution in [0.2, 0.25) is 0 Å². The van der Waals surface area contributed by atoms with Gasteiger partial charge in [-0.25, -0.2) is 0 Å². The summed E-state index contributed by atoms with van der Waals surface area (Å²) in [4.78, 5) is 0. The molecule has 1 nitrogen and oxygen atoms in total. The van der Waals surface area contributed by atoms with Crippen molar-refractivity contribution in [2.75, 3.05) is 0 Å². The third-order valence-electron chi connectivity index (χ3n) is 14.3. The van der Waals surface area contributed by atoms with Gasteiger partial charge in [-0.05, 0) is 145 Å². The molecule has 0 radical (unpaired) electrons. The van der Waals surface area contributed by atoms with E-state index in [1.807, 2.05) is 0 Å². The Bertz CT molecular complexity index is 3830. The summed E-state index contributed by atoms with van der Waals surface area (Å²) in [5.74, 6) is 1.78. The number of hydrogen-bond acceptors (Lipinski definition) is 1. The van der Waals surface area contributed by atoms with Crippen molar-refractivity contribution in [2.45, 2.75) is 0 Å². The Hall–Kier alpha value is -8.04. The van der Waals surface area contributed by atoms with Gasteiger partial charge < -0.3 is 4.74 Å². The second kappa shape index (κ2) is 13.5. The highest BCUT2D eigenvalue weighted by atomic mass is 28.3. The van der Waals surface area contributed by atoms with E-state index in [9.17, 15) is 0 Å². The standard InChI is InChI=1S/C62H38OSi/c1-3-18-43(19-4-1)64(44-20-5-2-6-21-44)59-29-14-13-26-50(59)51-33-30-41(36-60(51)64)53-37-55-52-27-15-28-57-62(52)56(38-54(55)48-25-12-11-24-47(48)53)49-32-31-42(35-58(49)63-57)61-45-22-9-7-16-39(45)34-40-17-8-10-23-46(40)61/h1-38H. The molecule has 0 spiro atoms. The highest BCUT2D eigenvalue weighted by Crippen LogP contribution is 2.52. The van der Waals surface area contributed by atoms with Crippen molar-refractivity contribution in [3.05, 3.63) is 231 Å². The number of fused-ring (bicyclic) bond motifs is 11. The van der Waals surface area contributed by atoms with E-state index in [0.29, 0.717) is 0 Å². The van der Waals surface area contributed by atoms with E-state index in [1.54, 1.807) is 0 Å². The summed E-state index contributed by atoms with van der Waals surface area (Å²) in [7, 11) is -2.67. The van der Waals surface area contributed by atoms with E-state index in [0.717, 1.165) is 28.0 Å². The number of hydrogen-bond donors (Lipinski definition) is 0. The van der Waals surface area contributed by atoms with Gasteiger partial charge in [-0.2, -0.15) is 0 Å². The highest BCUT2D eigenvalue weighted by molar-refractivity contribution is 7.22. The van der Waals surface area contributed by atoms with Crippen LogP contribution in [-0.2, 0) is 0 Å². The Morgan fingerprint density at radius 2 is 0.844 bits per heavy atom.